The number of nitrogens with zero attached hydrogens (tertiary/aromatic N) is 6. The molecule has 0 unspecified atom stereocenters. The number of nitrogens with two attached hydrogens (primary N) is 1. The number of fused-ring (bicyclic) bond motifs is 1. The normalized spacial score (nSPS) is 15.7. The number of halogens is 2. The third-order valence-corrected chi connectivity index (χ3v) is 16.1. The number of hydrogen-bond acceptors (Lipinski definition) is 19. The highest BCUT2D eigenvalue weighted by Crippen LogP contribution is 2.41. The number of Topliss-reactive ketones (excluding diaryl/α,β-unsaturated/α-hetero) is 2. The van der Waals surface area contributed by atoms with Gasteiger partial charge in [-0.2, -0.15) is 4.98 Å². The number of aromatic nitrogens is 3. The van der Waals surface area contributed by atoms with E-state index in [1.54, 1.807) is 54.2 Å². The van der Waals surface area contributed by atoms with Crippen LogP contribution in [0.5, 0.6) is 5.75 Å². The number of benzene rings is 1. The molecule has 372 valence electrons. The number of anilines is 2. The third-order valence-electron chi connectivity index (χ3n) is 9.75. The summed E-state index contributed by atoms with van der Waals surface area (Å²) in [6.45, 7) is 8.22. The van der Waals surface area contributed by atoms with Crippen LogP contribution in [0.1, 0.15) is 43.7 Å². The molecule has 0 spiro atoms. The summed E-state index contributed by atoms with van der Waals surface area (Å²) in [6.07, 6.45) is 5.70. The molecule has 1 aromatic carbocycles. The Labute approximate surface area is 429 Å². The number of oxime groups is 1. The van der Waals surface area contributed by atoms with Gasteiger partial charge in [0.1, 0.15) is 11.3 Å². The molecule has 24 heteroatoms. The number of amides is 2. The molecule has 4 aliphatic rings. The van der Waals surface area contributed by atoms with E-state index in [-0.39, 0.29) is 41.9 Å². The monoisotopic (exact) mass is 1080 g/mol. The summed E-state index contributed by atoms with van der Waals surface area (Å²) in [5.74, 6) is 5.19. The first-order valence-corrected chi connectivity index (χ1v) is 30.1. The fourth-order valence-electron chi connectivity index (χ4n) is 6.41. The Morgan fingerprint density at radius 2 is 1.58 bits per heavy atom. The van der Waals surface area contributed by atoms with Gasteiger partial charge < -0.3 is 40.1 Å². The van der Waals surface area contributed by atoms with Crippen molar-refractivity contribution in [3.63, 3.8) is 0 Å². The van der Waals surface area contributed by atoms with Gasteiger partial charge in [0.05, 0.1) is 72.9 Å². The summed E-state index contributed by atoms with van der Waals surface area (Å²) in [6, 6.07) is 8.35. The SMILES string of the molecule is C1SS1.CCCCCNc1nc(N)nc2ccn(Cc3ccc(CN4CCN(C(=O)CCOCCNC(=O)CON=C5CSCSC5)CC4)cc3OC)c12.O=C(CCl)CCl.O=C1CSCSC1. The van der Waals surface area contributed by atoms with E-state index in [2.05, 4.69) is 60.3 Å². The summed E-state index contributed by atoms with van der Waals surface area (Å²) in [5.41, 5.74) is 10.9. The zero-order valence-corrected chi connectivity index (χ0v) is 44.6. The van der Waals surface area contributed by atoms with Crippen molar-refractivity contribution in [2.45, 2.75) is 45.7 Å². The van der Waals surface area contributed by atoms with Gasteiger partial charge >= 0.3 is 0 Å². The molecule has 3 aromatic rings. The van der Waals surface area contributed by atoms with Gasteiger partial charge in [-0.05, 0) is 24.1 Å². The molecule has 0 radical (unpaired) electrons. The van der Waals surface area contributed by atoms with Crippen LogP contribution in [-0.2, 0) is 41.8 Å². The lowest BCUT2D eigenvalue weighted by molar-refractivity contribution is -0.134. The van der Waals surface area contributed by atoms with E-state index in [1.807, 2.05) is 38.8 Å². The van der Waals surface area contributed by atoms with Crippen LogP contribution in [-0.4, -0.2) is 170 Å². The van der Waals surface area contributed by atoms with Crippen LogP contribution in [0.2, 0.25) is 0 Å². The smallest absolute Gasteiger partial charge is 0.260 e. The fraction of sp³-hybridized carbons (Fsp3) is 0.605. The number of piperazine rings is 1. The van der Waals surface area contributed by atoms with Gasteiger partial charge in [0.25, 0.3) is 5.91 Å². The maximum Gasteiger partial charge on any atom is 0.260 e. The average Bonchev–Trinajstić information content (AvgIpc) is 4.19. The molecule has 16 nitrogen and oxygen atoms in total. The minimum Gasteiger partial charge on any atom is -0.496 e. The number of alkyl halides is 2. The highest BCUT2D eigenvalue weighted by Gasteiger charge is 2.22. The van der Waals surface area contributed by atoms with Crippen molar-refractivity contribution >= 4 is 144 Å². The van der Waals surface area contributed by atoms with E-state index < -0.39 is 0 Å². The number of rotatable bonds is 21. The molecule has 2 aromatic heterocycles. The lowest BCUT2D eigenvalue weighted by Gasteiger charge is -2.35. The molecule has 4 saturated heterocycles. The first kappa shape index (κ1) is 57.2. The highest BCUT2D eigenvalue weighted by atomic mass is 35.5. The van der Waals surface area contributed by atoms with Crippen molar-refractivity contribution in [3.8, 4) is 5.75 Å². The lowest BCUT2D eigenvalue weighted by atomic mass is 10.1. The van der Waals surface area contributed by atoms with Crippen molar-refractivity contribution in [3.05, 3.63) is 41.6 Å². The standard InChI is InChI=1S/C35H51N9O5S2.C4H6OS2.C3H4Cl2O.CH2S2/c1-3-4-5-10-38-34-33-29(39-35(36)40-34)8-12-44(33)21-27-7-6-26(19-30(27)47-2)20-42-13-15-43(16-14-42)32(46)9-17-48-18-11-37-31(45)22-49-41-28-23-50-25-51-24-28;5-4-1-6-3-7-2-4;4-1-3(6)2-5;1-2-3-1/h6-8,12,19H,3-5,9-11,13-18,20-25H2,1-2H3,(H,37,45)(H3,36,38,39,40);1-3H2;1-2H2;1H2. The molecule has 7 rings (SSSR count). The molecule has 4 aliphatic heterocycles. The van der Waals surface area contributed by atoms with Crippen LogP contribution in [0.25, 0.3) is 11.0 Å². The summed E-state index contributed by atoms with van der Waals surface area (Å²) >= 11 is 17.1. The summed E-state index contributed by atoms with van der Waals surface area (Å²) in [4.78, 5) is 63.4. The van der Waals surface area contributed by atoms with Crippen molar-refractivity contribution in [2.24, 2.45) is 5.16 Å². The Bertz CT molecular complexity index is 1990. The predicted molar refractivity (Wildman–Crippen MR) is 287 cm³/mol. The van der Waals surface area contributed by atoms with Gasteiger partial charge in [0.15, 0.2) is 24.0 Å². The second-order valence-corrected chi connectivity index (χ2v) is 23.1. The Morgan fingerprint density at radius 1 is 0.881 bits per heavy atom. The zero-order valence-electron chi connectivity index (χ0n) is 38.2. The molecule has 0 atom stereocenters. The fourth-order valence-corrected chi connectivity index (χ4v) is 10.7. The molecule has 6 heterocycles. The van der Waals surface area contributed by atoms with Crippen LogP contribution in [0.4, 0.5) is 11.8 Å². The lowest BCUT2D eigenvalue weighted by Crippen LogP contribution is -2.48. The second-order valence-electron chi connectivity index (χ2n) is 15.0. The third kappa shape index (κ3) is 23.4. The maximum atomic E-state index is 12.8. The van der Waals surface area contributed by atoms with Crippen molar-refractivity contribution in [1.82, 2.24) is 29.7 Å². The van der Waals surface area contributed by atoms with Gasteiger partial charge in [-0.25, -0.2) is 4.98 Å². The van der Waals surface area contributed by atoms with E-state index in [9.17, 15) is 19.2 Å². The van der Waals surface area contributed by atoms with Crippen LogP contribution in [0, 0.1) is 0 Å². The number of thioether (sulfide) groups is 4. The maximum absolute atomic E-state index is 12.8. The number of unbranched alkanes of at least 4 members (excludes halogenated alkanes) is 2. The molecule has 4 N–H and O–H groups in total. The predicted octanol–water partition coefficient (Wildman–Crippen LogP) is 7.01. The summed E-state index contributed by atoms with van der Waals surface area (Å²) in [5, 5.41) is 13.7. The summed E-state index contributed by atoms with van der Waals surface area (Å²) < 4.78 is 13.6. The Balaban J connectivity index is 0.000000516. The topological polar surface area (TPSA) is 196 Å². The quantitative estimate of drug-likeness (QED) is 0.0324. The Morgan fingerprint density at radius 3 is 2.19 bits per heavy atom. The number of hydrogen-bond donors (Lipinski definition) is 3. The van der Waals surface area contributed by atoms with Gasteiger partial charge in [-0.3, -0.25) is 24.1 Å². The largest absolute Gasteiger partial charge is 0.496 e. The molecule has 67 heavy (non-hydrogen) atoms. The van der Waals surface area contributed by atoms with Crippen LogP contribution < -0.4 is 21.1 Å². The summed E-state index contributed by atoms with van der Waals surface area (Å²) in [7, 11) is 5.54. The van der Waals surface area contributed by atoms with Crippen molar-refractivity contribution in [1.29, 1.82) is 0 Å². The Hall–Kier alpha value is -2.41. The van der Waals surface area contributed by atoms with Gasteiger partial charge in [0, 0.05) is 79.2 Å². The minimum atomic E-state index is -0.241. The number of ketones is 2. The Kier molecular flexibility index (Phi) is 29.0. The number of carbonyl (C=O) groups excluding carboxylic acids is 4. The number of ether oxygens (including phenoxy) is 2. The van der Waals surface area contributed by atoms with E-state index in [1.165, 1.54) is 5.08 Å². The molecule has 2 amide bonds. The van der Waals surface area contributed by atoms with Crippen LogP contribution in [0.15, 0.2) is 35.6 Å². The molecule has 0 saturated carbocycles. The molecular formula is C43H63Cl2N9O7S6. The van der Waals surface area contributed by atoms with Gasteiger partial charge in [-0.15, -0.1) is 70.2 Å². The number of nitrogens with one attached hydrogen (secondary N) is 2. The highest BCUT2D eigenvalue weighted by molar-refractivity contribution is 8.92. The minimum absolute atomic E-state index is 0.0312. The second kappa shape index (κ2) is 34.0. The molecule has 0 bridgehead atoms. The number of nitrogen functional groups attached to an aromatic ring is 1. The zero-order chi connectivity index (χ0) is 48.1. The molecular weight excluding hydrogens is 1020 g/mol. The van der Waals surface area contributed by atoms with Crippen molar-refractivity contribution < 1.29 is 33.5 Å². The molecule has 4 fully saturated rings. The van der Waals surface area contributed by atoms with Gasteiger partial charge in [0.2, 0.25) is 11.9 Å². The van der Waals surface area contributed by atoms with E-state index in [4.69, 9.17) is 43.2 Å². The van der Waals surface area contributed by atoms with E-state index in [0.717, 1.165) is 118 Å². The van der Waals surface area contributed by atoms with Crippen LogP contribution >= 0.6 is 91.8 Å². The first-order valence-electron chi connectivity index (χ1n) is 21.9. The van der Waals surface area contributed by atoms with Crippen LogP contribution in [0.3, 0.4) is 0 Å². The van der Waals surface area contributed by atoms with Gasteiger partial charge in [-0.1, -0.05) is 58.6 Å². The van der Waals surface area contributed by atoms with E-state index in [0.29, 0.717) is 51.6 Å². The number of methoxy groups -OCH3 is 1. The molecule has 0 aliphatic carbocycles. The first-order chi connectivity index (χ1) is 32.6. The van der Waals surface area contributed by atoms with E-state index >= 15 is 0 Å². The van der Waals surface area contributed by atoms with Crippen molar-refractivity contribution in [2.75, 3.05) is 127 Å². The average molecular weight is 1080 g/mol. The number of carbonyl (C=O) groups is 4.